The third-order valence-electron chi connectivity index (χ3n) is 3.51. The van der Waals surface area contributed by atoms with Gasteiger partial charge in [-0.05, 0) is 34.1 Å². The predicted molar refractivity (Wildman–Crippen MR) is 83.2 cm³/mol. The Kier molecular flexibility index (Phi) is 3.34. The fourth-order valence-corrected chi connectivity index (χ4v) is 2.52. The number of rotatable bonds is 1. The summed E-state index contributed by atoms with van der Waals surface area (Å²) in [5.41, 5.74) is 4.42. The Hall–Kier alpha value is -1.50. The molecule has 0 bridgehead atoms. The molecule has 1 nitrogen and oxygen atoms in total. The molecule has 0 fully saturated rings. The van der Waals surface area contributed by atoms with E-state index in [2.05, 4.69) is 88.8 Å². The average Bonchev–Trinajstić information content (AvgIpc) is 2.78. The summed E-state index contributed by atoms with van der Waals surface area (Å²) in [7, 11) is 0. The maximum Gasteiger partial charge on any atom is 0.0524 e. The fourth-order valence-electron chi connectivity index (χ4n) is 2.52. The number of hydrogen-bond acceptors (Lipinski definition) is 0. The highest BCUT2D eigenvalue weighted by molar-refractivity contribution is 5.54. The van der Waals surface area contributed by atoms with Crippen molar-refractivity contribution in [1.29, 1.82) is 0 Å². The van der Waals surface area contributed by atoms with Gasteiger partial charge in [0.2, 0.25) is 0 Å². The lowest BCUT2D eigenvalue weighted by atomic mass is 9.78. The zero-order valence-corrected chi connectivity index (χ0v) is 13.0. The second-order valence-corrected chi connectivity index (χ2v) is 7.29. The molecule has 19 heavy (non-hydrogen) atoms. The van der Waals surface area contributed by atoms with E-state index in [0.717, 1.165) is 0 Å². The summed E-state index contributed by atoms with van der Waals surface area (Å²) < 4.78 is 2.25. The van der Waals surface area contributed by atoms with Crippen LogP contribution in [-0.4, -0.2) is 4.57 Å². The van der Waals surface area contributed by atoms with E-state index in [1.54, 1.807) is 0 Å². The van der Waals surface area contributed by atoms with E-state index in [1.165, 1.54) is 16.8 Å². The number of aromatic nitrogens is 1. The molecule has 0 saturated heterocycles. The van der Waals surface area contributed by atoms with Gasteiger partial charge in [0.15, 0.2) is 0 Å². The molecule has 2 rings (SSSR count). The van der Waals surface area contributed by atoms with Crippen LogP contribution in [0.15, 0.2) is 42.7 Å². The summed E-state index contributed by atoms with van der Waals surface area (Å²) in [4.78, 5) is 0. The van der Waals surface area contributed by atoms with Crippen molar-refractivity contribution in [1.82, 2.24) is 4.57 Å². The van der Waals surface area contributed by atoms with E-state index in [9.17, 15) is 0 Å². The van der Waals surface area contributed by atoms with Crippen molar-refractivity contribution < 1.29 is 0 Å². The Balaban J connectivity index is 2.78. The molecule has 1 aromatic carbocycles. The second kappa shape index (κ2) is 4.56. The van der Waals surface area contributed by atoms with Crippen LogP contribution in [0.2, 0.25) is 0 Å². The quantitative estimate of drug-likeness (QED) is 0.670. The lowest BCUT2D eigenvalue weighted by Gasteiger charge is -2.30. The number of nitrogens with zero attached hydrogens (tertiary/aromatic N) is 1. The molecule has 0 unspecified atom stereocenters. The predicted octanol–water partition coefficient (Wildman–Crippen LogP) is 5.07. The SMILES string of the molecule is CC(C)(C)c1cccc(C(C)(C)C)c1-n1cccc1. The maximum absolute atomic E-state index is 2.28. The van der Waals surface area contributed by atoms with Gasteiger partial charge in [-0.3, -0.25) is 0 Å². The van der Waals surface area contributed by atoms with Crippen LogP contribution in [0.4, 0.5) is 0 Å². The van der Waals surface area contributed by atoms with Gasteiger partial charge < -0.3 is 4.57 Å². The number of hydrogen-bond donors (Lipinski definition) is 0. The van der Waals surface area contributed by atoms with E-state index >= 15 is 0 Å². The van der Waals surface area contributed by atoms with E-state index < -0.39 is 0 Å². The highest BCUT2D eigenvalue weighted by Crippen LogP contribution is 2.36. The Morgan fingerprint density at radius 1 is 0.684 bits per heavy atom. The highest BCUT2D eigenvalue weighted by Gasteiger charge is 2.25. The van der Waals surface area contributed by atoms with Crippen molar-refractivity contribution in [2.24, 2.45) is 0 Å². The summed E-state index contributed by atoms with van der Waals surface area (Å²) in [5, 5.41) is 0. The lowest BCUT2D eigenvalue weighted by molar-refractivity contribution is 0.562. The number of benzene rings is 1. The van der Waals surface area contributed by atoms with Crippen LogP contribution in [-0.2, 0) is 10.8 Å². The minimum atomic E-state index is 0.140. The number of para-hydroxylation sites is 1. The third kappa shape index (κ3) is 2.75. The molecule has 102 valence electrons. The molecule has 0 aliphatic rings. The Morgan fingerprint density at radius 2 is 1.11 bits per heavy atom. The third-order valence-corrected chi connectivity index (χ3v) is 3.51. The van der Waals surface area contributed by atoms with Crippen LogP contribution in [0.5, 0.6) is 0 Å². The van der Waals surface area contributed by atoms with Crippen LogP contribution >= 0.6 is 0 Å². The molecule has 0 saturated carbocycles. The van der Waals surface area contributed by atoms with Crippen molar-refractivity contribution >= 4 is 0 Å². The van der Waals surface area contributed by atoms with Gasteiger partial charge in [-0.15, -0.1) is 0 Å². The van der Waals surface area contributed by atoms with Crippen LogP contribution in [0.3, 0.4) is 0 Å². The average molecular weight is 255 g/mol. The van der Waals surface area contributed by atoms with Crippen molar-refractivity contribution in [3.63, 3.8) is 0 Å². The van der Waals surface area contributed by atoms with Crippen molar-refractivity contribution in [3.8, 4) is 5.69 Å². The van der Waals surface area contributed by atoms with E-state index in [0.29, 0.717) is 0 Å². The summed E-state index contributed by atoms with van der Waals surface area (Å²) in [5.74, 6) is 0. The van der Waals surface area contributed by atoms with Gasteiger partial charge in [-0.2, -0.15) is 0 Å². The van der Waals surface area contributed by atoms with Gasteiger partial charge in [0.1, 0.15) is 0 Å². The first-order valence-corrected chi connectivity index (χ1v) is 6.98. The van der Waals surface area contributed by atoms with Crippen LogP contribution in [0, 0.1) is 0 Å². The molecule has 0 spiro atoms. The molecule has 0 aliphatic heterocycles. The van der Waals surface area contributed by atoms with E-state index in [-0.39, 0.29) is 10.8 Å². The van der Waals surface area contributed by atoms with E-state index in [1.807, 2.05) is 0 Å². The topological polar surface area (TPSA) is 4.93 Å². The zero-order valence-electron chi connectivity index (χ0n) is 13.0. The van der Waals surface area contributed by atoms with Gasteiger partial charge in [-0.1, -0.05) is 59.7 Å². The van der Waals surface area contributed by atoms with Gasteiger partial charge in [0, 0.05) is 12.4 Å². The Bertz CT molecular complexity index is 516. The molecule has 0 radical (unpaired) electrons. The van der Waals surface area contributed by atoms with Crippen LogP contribution < -0.4 is 0 Å². The largest absolute Gasteiger partial charge is 0.323 e. The Morgan fingerprint density at radius 3 is 1.47 bits per heavy atom. The fraction of sp³-hybridized carbons (Fsp3) is 0.444. The molecule has 0 N–H and O–H groups in total. The first-order chi connectivity index (χ1) is 8.71. The molecule has 1 aromatic heterocycles. The molecular formula is C18H25N. The lowest BCUT2D eigenvalue weighted by Crippen LogP contribution is -2.21. The molecule has 2 aromatic rings. The normalized spacial score (nSPS) is 12.7. The van der Waals surface area contributed by atoms with Gasteiger partial charge in [-0.25, -0.2) is 0 Å². The first-order valence-electron chi connectivity index (χ1n) is 6.98. The van der Waals surface area contributed by atoms with Gasteiger partial charge in [0.25, 0.3) is 0 Å². The van der Waals surface area contributed by atoms with Gasteiger partial charge >= 0.3 is 0 Å². The van der Waals surface area contributed by atoms with Crippen LogP contribution in [0.25, 0.3) is 5.69 Å². The van der Waals surface area contributed by atoms with Crippen LogP contribution in [0.1, 0.15) is 52.7 Å². The molecule has 0 atom stereocenters. The molecular weight excluding hydrogens is 230 g/mol. The monoisotopic (exact) mass is 255 g/mol. The van der Waals surface area contributed by atoms with Crippen molar-refractivity contribution in [2.45, 2.75) is 52.4 Å². The minimum Gasteiger partial charge on any atom is -0.323 e. The molecule has 1 heterocycles. The summed E-state index contributed by atoms with van der Waals surface area (Å²) in [6.45, 7) is 13.7. The zero-order chi connectivity index (χ0) is 14.3. The van der Waals surface area contributed by atoms with Crippen molar-refractivity contribution in [2.75, 3.05) is 0 Å². The van der Waals surface area contributed by atoms with Gasteiger partial charge in [0.05, 0.1) is 5.69 Å². The summed E-state index contributed by atoms with van der Waals surface area (Å²) in [6, 6.07) is 10.9. The second-order valence-electron chi connectivity index (χ2n) is 7.29. The minimum absolute atomic E-state index is 0.140. The molecule has 0 aliphatic carbocycles. The molecule has 0 amide bonds. The first kappa shape index (κ1) is 13.9. The standard InChI is InChI=1S/C18H25N/c1-17(2,3)14-10-9-11-15(18(4,5)6)16(14)19-12-7-8-13-19/h7-13H,1-6H3. The van der Waals surface area contributed by atoms with Crippen molar-refractivity contribution in [3.05, 3.63) is 53.9 Å². The van der Waals surface area contributed by atoms with E-state index in [4.69, 9.17) is 0 Å². The maximum atomic E-state index is 2.28. The molecule has 1 heteroatoms. The summed E-state index contributed by atoms with van der Waals surface area (Å²) >= 11 is 0. The summed E-state index contributed by atoms with van der Waals surface area (Å²) in [6.07, 6.45) is 4.28. The smallest absolute Gasteiger partial charge is 0.0524 e. The highest BCUT2D eigenvalue weighted by atomic mass is 15.0. The Labute approximate surface area is 117 Å².